The fourth-order valence-corrected chi connectivity index (χ4v) is 2.21. The molecule has 2 aromatic rings. The summed E-state index contributed by atoms with van der Waals surface area (Å²) in [5.41, 5.74) is 1.74. The second kappa shape index (κ2) is 6.08. The number of nitrogens with zero attached hydrogens (tertiary/aromatic N) is 2. The number of nitrogens with one attached hydrogen (secondary N) is 2. The highest BCUT2D eigenvalue weighted by molar-refractivity contribution is 6.35. The van der Waals surface area contributed by atoms with Gasteiger partial charge in [0.25, 0.3) is 0 Å². The van der Waals surface area contributed by atoms with E-state index < -0.39 is 0 Å². The van der Waals surface area contributed by atoms with E-state index in [-0.39, 0.29) is 0 Å². The Morgan fingerprint density at radius 2 is 1.68 bits per heavy atom. The first-order valence-electron chi connectivity index (χ1n) is 5.88. The van der Waals surface area contributed by atoms with E-state index >= 15 is 0 Å². The third-order valence-electron chi connectivity index (χ3n) is 2.55. The zero-order valence-electron chi connectivity index (χ0n) is 10.7. The molecule has 0 radical (unpaired) electrons. The first-order chi connectivity index (χ1) is 9.10. The van der Waals surface area contributed by atoms with Crippen LogP contribution in [0.3, 0.4) is 0 Å². The zero-order valence-corrected chi connectivity index (χ0v) is 12.2. The average Bonchev–Trinajstić information content (AvgIpc) is 2.33. The minimum Gasteiger partial charge on any atom is -0.370 e. The molecule has 2 rings (SSSR count). The molecule has 0 aliphatic heterocycles. The lowest BCUT2D eigenvalue weighted by Crippen LogP contribution is -2.05. The molecule has 100 valence electrons. The van der Waals surface area contributed by atoms with E-state index in [4.69, 9.17) is 23.2 Å². The maximum absolute atomic E-state index is 5.97. The minimum absolute atomic E-state index is 0.577. The van der Waals surface area contributed by atoms with Gasteiger partial charge in [-0.3, -0.25) is 0 Å². The van der Waals surface area contributed by atoms with Crippen molar-refractivity contribution >= 4 is 40.5 Å². The number of hydrogen-bond donors (Lipinski definition) is 2. The van der Waals surface area contributed by atoms with Crippen molar-refractivity contribution in [2.75, 3.05) is 17.2 Å². The van der Waals surface area contributed by atoms with Crippen LogP contribution in [-0.2, 0) is 0 Å². The van der Waals surface area contributed by atoms with Crippen LogP contribution in [0.5, 0.6) is 0 Å². The summed E-state index contributed by atoms with van der Waals surface area (Å²) in [6, 6.07) is 5.27. The lowest BCUT2D eigenvalue weighted by Gasteiger charge is -2.12. The summed E-state index contributed by atoms with van der Waals surface area (Å²) >= 11 is 11.9. The highest BCUT2D eigenvalue weighted by atomic mass is 35.5. The Bertz CT molecular complexity index is 567. The molecule has 0 aliphatic carbocycles. The fraction of sp³-hybridized carbons (Fsp3) is 0.231. The van der Waals surface area contributed by atoms with Crippen molar-refractivity contribution in [1.82, 2.24) is 9.97 Å². The molecule has 0 unspecified atom stereocenters. The zero-order chi connectivity index (χ0) is 13.8. The largest absolute Gasteiger partial charge is 0.370 e. The monoisotopic (exact) mass is 296 g/mol. The van der Waals surface area contributed by atoms with Crippen molar-refractivity contribution in [1.29, 1.82) is 0 Å². The Kier molecular flexibility index (Phi) is 4.45. The molecule has 0 spiro atoms. The fourth-order valence-electron chi connectivity index (χ4n) is 1.68. The van der Waals surface area contributed by atoms with E-state index in [0.717, 1.165) is 29.4 Å². The average molecular weight is 297 g/mol. The SMILES string of the molecule is CCNc1ncnc(Nc2cc(Cl)cc(Cl)c2)c1C. The quantitative estimate of drug-likeness (QED) is 0.885. The molecule has 6 heteroatoms. The molecule has 1 aromatic heterocycles. The van der Waals surface area contributed by atoms with Gasteiger partial charge in [-0.1, -0.05) is 23.2 Å². The second-order valence-electron chi connectivity index (χ2n) is 4.01. The van der Waals surface area contributed by atoms with Gasteiger partial charge in [-0.2, -0.15) is 0 Å². The molecule has 2 N–H and O–H groups in total. The van der Waals surface area contributed by atoms with Crippen LogP contribution in [-0.4, -0.2) is 16.5 Å². The molecule has 0 saturated heterocycles. The van der Waals surface area contributed by atoms with Gasteiger partial charge in [0.1, 0.15) is 18.0 Å². The number of hydrogen-bond acceptors (Lipinski definition) is 4. The third-order valence-corrected chi connectivity index (χ3v) is 2.99. The molecule has 0 saturated carbocycles. The molecule has 0 aliphatic rings. The normalized spacial score (nSPS) is 10.3. The Hall–Kier alpha value is -1.52. The molecule has 0 atom stereocenters. The van der Waals surface area contributed by atoms with Gasteiger partial charge in [0.2, 0.25) is 0 Å². The van der Waals surface area contributed by atoms with Crippen LogP contribution in [0.25, 0.3) is 0 Å². The van der Waals surface area contributed by atoms with Crippen LogP contribution >= 0.6 is 23.2 Å². The van der Waals surface area contributed by atoms with E-state index in [0.29, 0.717) is 10.0 Å². The topological polar surface area (TPSA) is 49.8 Å². The number of rotatable bonds is 4. The van der Waals surface area contributed by atoms with Gasteiger partial charge in [-0.05, 0) is 32.0 Å². The third kappa shape index (κ3) is 3.49. The van der Waals surface area contributed by atoms with Gasteiger partial charge in [-0.25, -0.2) is 9.97 Å². The molecule has 4 nitrogen and oxygen atoms in total. The highest BCUT2D eigenvalue weighted by Crippen LogP contribution is 2.27. The summed E-state index contributed by atoms with van der Waals surface area (Å²) in [4.78, 5) is 8.42. The van der Waals surface area contributed by atoms with Crippen LogP contribution in [0.1, 0.15) is 12.5 Å². The number of aromatic nitrogens is 2. The first kappa shape index (κ1) is 13.9. The van der Waals surface area contributed by atoms with Crippen molar-refractivity contribution < 1.29 is 0 Å². The van der Waals surface area contributed by atoms with E-state index in [1.165, 1.54) is 6.33 Å². The van der Waals surface area contributed by atoms with Gasteiger partial charge in [0, 0.05) is 27.8 Å². The van der Waals surface area contributed by atoms with Crippen molar-refractivity contribution in [2.45, 2.75) is 13.8 Å². The Labute approximate surface area is 122 Å². The molecule has 19 heavy (non-hydrogen) atoms. The predicted molar refractivity (Wildman–Crippen MR) is 80.7 cm³/mol. The van der Waals surface area contributed by atoms with Crippen LogP contribution in [0.4, 0.5) is 17.3 Å². The van der Waals surface area contributed by atoms with E-state index in [1.807, 2.05) is 13.8 Å². The molecule has 1 heterocycles. The van der Waals surface area contributed by atoms with Gasteiger partial charge < -0.3 is 10.6 Å². The van der Waals surface area contributed by atoms with Gasteiger partial charge >= 0.3 is 0 Å². The standard InChI is InChI=1S/C13H14Cl2N4/c1-3-16-12-8(2)13(18-7-17-12)19-11-5-9(14)4-10(15)6-11/h4-7H,3H2,1-2H3,(H2,16,17,18,19). The van der Waals surface area contributed by atoms with E-state index in [1.54, 1.807) is 18.2 Å². The Morgan fingerprint density at radius 3 is 2.32 bits per heavy atom. The molecule has 0 amide bonds. The first-order valence-corrected chi connectivity index (χ1v) is 6.64. The molecule has 1 aromatic carbocycles. The van der Waals surface area contributed by atoms with Crippen molar-refractivity contribution in [3.05, 3.63) is 40.1 Å². The lowest BCUT2D eigenvalue weighted by atomic mass is 10.2. The van der Waals surface area contributed by atoms with Crippen molar-refractivity contribution in [2.24, 2.45) is 0 Å². The van der Waals surface area contributed by atoms with E-state index in [2.05, 4.69) is 20.6 Å². The van der Waals surface area contributed by atoms with Gasteiger partial charge in [0.15, 0.2) is 0 Å². The van der Waals surface area contributed by atoms with Gasteiger partial charge in [-0.15, -0.1) is 0 Å². The summed E-state index contributed by atoms with van der Waals surface area (Å²) < 4.78 is 0. The Morgan fingerprint density at radius 1 is 1.05 bits per heavy atom. The van der Waals surface area contributed by atoms with Crippen LogP contribution in [0.2, 0.25) is 10.0 Å². The van der Waals surface area contributed by atoms with Crippen LogP contribution < -0.4 is 10.6 Å². The summed E-state index contributed by atoms with van der Waals surface area (Å²) in [7, 11) is 0. The van der Waals surface area contributed by atoms with Crippen LogP contribution in [0, 0.1) is 6.92 Å². The Balaban J connectivity index is 2.30. The molecular formula is C13H14Cl2N4. The minimum atomic E-state index is 0.577. The van der Waals surface area contributed by atoms with E-state index in [9.17, 15) is 0 Å². The maximum Gasteiger partial charge on any atom is 0.138 e. The maximum atomic E-state index is 5.97. The summed E-state index contributed by atoms with van der Waals surface area (Å²) in [6.45, 7) is 4.78. The van der Waals surface area contributed by atoms with Crippen molar-refractivity contribution in [3.8, 4) is 0 Å². The van der Waals surface area contributed by atoms with Crippen LogP contribution in [0.15, 0.2) is 24.5 Å². The smallest absolute Gasteiger partial charge is 0.138 e. The second-order valence-corrected chi connectivity index (χ2v) is 4.88. The summed E-state index contributed by atoms with van der Waals surface area (Å²) in [5.74, 6) is 1.54. The summed E-state index contributed by atoms with van der Waals surface area (Å²) in [5, 5.41) is 7.53. The summed E-state index contributed by atoms with van der Waals surface area (Å²) in [6.07, 6.45) is 1.51. The number of halogens is 2. The molecule has 0 bridgehead atoms. The molecule has 0 fully saturated rings. The lowest BCUT2D eigenvalue weighted by molar-refractivity contribution is 1.08. The number of anilines is 3. The van der Waals surface area contributed by atoms with Gasteiger partial charge in [0.05, 0.1) is 0 Å². The highest BCUT2D eigenvalue weighted by Gasteiger charge is 2.07. The number of benzene rings is 1. The van der Waals surface area contributed by atoms with Crippen molar-refractivity contribution in [3.63, 3.8) is 0 Å². The molecular weight excluding hydrogens is 283 g/mol. The predicted octanol–water partition coefficient (Wildman–Crippen LogP) is 4.27.